The second kappa shape index (κ2) is 5.88. The molecule has 21 heavy (non-hydrogen) atoms. The van der Waals surface area contributed by atoms with Crippen molar-refractivity contribution in [3.8, 4) is 0 Å². The zero-order valence-corrected chi connectivity index (χ0v) is 11.4. The first-order chi connectivity index (χ1) is 9.77. The molecule has 1 saturated heterocycles. The van der Waals surface area contributed by atoms with Crippen molar-refractivity contribution in [3.63, 3.8) is 0 Å². The Balaban J connectivity index is 2.15. The average Bonchev–Trinajstić information content (AvgIpc) is 2.40. The lowest BCUT2D eigenvalue weighted by atomic mass is 10.2. The standard InChI is InChI=1S/C13H15F3N2O3/c1-9-6-17(4-5-21-9)12(20)8-18-7-10(13(14,15)16)2-3-11(18)19/h2-3,7,9H,4-6,8H2,1H3. The summed E-state index contributed by atoms with van der Waals surface area (Å²) in [6.45, 7) is 2.51. The first kappa shape index (κ1) is 15.6. The van der Waals surface area contributed by atoms with Crippen molar-refractivity contribution in [2.24, 2.45) is 0 Å². The van der Waals surface area contributed by atoms with Gasteiger partial charge in [0.25, 0.3) is 5.56 Å². The minimum absolute atomic E-state index is 0.124. The van der Waals surface area contributed by atoms with Gasteiger partial charge < -0.3 is 14.2 Å². The van der Waals surface area contributed by atoms with E-state index in [4.69, 9.17) is 4.74 Å². The molecule has 1 aliphatic rings. The molecule has 0 N–H and O–H groups in total. The van der Waals surface area contributed by atoms with Crippen LogP contribution in [0.4, 0.5) is 13.2 Å². The molecule has 0 bridgehead atoms. The summed E-state index contributed by atoms with van der Waals surface area (Å²) in [4.78, 5) is 25.1. The fourth-order valence-electron chi connectivity index (χ4n) is 2.11. The van der Waals surface area contributed by atoms with Crippen molar-refractivity contribution in [3.05, 3.63) is 34.2 Å². The second-order valence-corrected chi connectivity index (χ2v) is 4.90. The summed E-state index contributed by atoms with van der Waals surface area (Å²) in [5.74, 6) is -0.397. The first-order valence-corrected chi connectivity index (χ1v) is 6.44. The van der Waals surface area contributed by atoms with Crippen LogP contribution >= 0.6 is 0 Å². The number of morpholine rings is 1. The van der Waals surface area contributed by atoms with Gasteiger partial charge in [-0.15, -0.1) is 0 Å². The molecular formula is C13H15F3N2O3. The SMILES string of the molecule is CC1CN(C(=O)Cn2cc(C(F)(F)F)ccc2=O)CCO1. The molecule has 2 rings (SSSR count). The molecule has 0 aliphatic carbocycles. The Morgan fingerprint density at radius 3 is 2.76 bits per heavy atom. The molecule has 5 nitrogen and oxygen atoms in total. The maximum absolute atomic E-state index is 12.6. The predicted octanol–water partition coefficient (Wildman–Crippen LogP) is 1.11. The van der Waals surface area contributed by atoms with Crippen LogP contribution in [0.5, 0.6) is 0 Å². The number of aromatic nitrogens is 1. The van der Waals surface area contributed by atoms with Crippen LogP contribution in [-0.4, -0.2) is 41.2 Å². The van der Waals surface area contributed by atoms with Gasteiger partial charge in [-0.2, -0.15) is 13.2 Å². The highest BCUT2D eigenvalue weighted by atomic mass is 19.4. The van der Waals surface area contributed by atoms with E-state index in [0.29, 0.717) is 32.0 Å². The van der Waals surface area contributed by atoms with Crippen molar-refractivity contribution < 1.29 is 22.7 Å². The van der Waals surface area contributed by atoms with Gasteiger partial charge in [-0.05, 0) is 13.0 Å². The Kier molecular flexibility index (Phi) is 4.36. The average molecular weight is 304 g/mol. The summed E-state index contributed by atoms with van der Waals surface area (Å²) in [5.41, 5.74) is -1.59. The molecule has 0 radical (unpaired) electrons. The zero-order valence-electron chi connectivity index (χ0n) is 11.4. The maximum atomic E-state index is 12.6. The normalized spacial score (nSPS) is 19.6. The van der Waals surface area contributed by atoms with E-state index in [9.17, 15) is 22.8 Å². The number of amides is 1. The summed E-state index contributed by atoms with van der Waals surface area (Å²) in [6, 6.07) is 1.53. The predicted molar refractivity (Wildman–Crippen MR) is 67.7 cm³/mol. The highest BCUT2D eigenvalue weighted by Crippen LogP contribution is 2.28. The van der Waals surface area contributed by atoms with E-state index in [0.717, 1.165) is 10.6 Å². The summed E-state index contributed by atoms with van der Waals surface area (Å²) < 4.78 is 43.9. The van der Waals surface area contributed by atoms with E-state index in [1.165, 1.54) is 4.90 Å². The lowest BCUT2D eigenvalue weighted by molar-refractivity contribution is -0.140. The number of pyridine rings is 1. The number of rotatable bonds is 2. The van der Waals surface area contributed by atoms with Gasteiger partial charge >= 0.3 is 6.18 Å². The summed E-state index contributed by atoms with van der Waals surface area (Å²) >= 11 is 0. The number of alkyl halides is 3. The molecule has 116 valence electrons. The van der Waals surface area contributed by atoms with Crippen molar-refractivity contribution in [2.45, 2.75) is 25.7 Å². The van der Waals surface area contributed by atoms with E-state index >= 15 is 0 Å². The topological polar surface area (TPSA) is 51.5 Å². The van der Waals surface area contributed by atoms with Gasteiger partial charge in [-0.3, -0.25) is 9.59 Å². The molecule has 1 unspecified atom stereocenters. The monoisotopic (exact) mass is 304 g/mol. The molecule has 1 aliphatic heterocycles. The smallest absolute Gasteiger partial charge is 0.375 e. The molecule has 1 aromatic rings. The lowest BCUT2D eigenvalue weighted by Crippen LogP contribution is -2.46. The van der Waals surface area contributed by atoms with E-state index in [1.807, 2.05) is 0 Å². The molecular weight excluding hydrogens is 289 g/mol. The highest BCUT2D eigenvalue weighted by molar-refractivity contribution is 5.76. The van der Waals surface area contributed by atoms with E-state index in [-0.39, 0.29) is 6.10 Å². The van der Waals surface area contributed by atoms with Gasteiger partial charge in [-0.1, -0.05) is 0 Å². The van der Waals surface area contributed by atoms with Gasteiger partial charge in [0, 0.05) is 25.4 Å². The van der Waals surface area contributed by atoms with Crippen LogP contribution < -0.4 is 5.56 Å². The van der Waals surface area contributed by atoms with Crippen LogP contribution in [0.2, 0.25) is 0 Å². The fraction of sp³-hybridized carbons (Fsp3) is 0.538. The first-order valence-electron chi connectivity index (χ1n) is 6.44. The zero-order chi connectivity index (χ0) is 15.6. The summed E-state index contributed by atoms with van der Waals surface area (Å²) in [7, 11) is 0. The van der Waals surface area contributed by atoms with Crippen molar-refractivity contribution in [1.29, 1.82) is 0 Å². The van der Waals surface area contributed by atoms with E-state index < -0.39 is 29.8 Å². The van der Waals surface area contributed by atoms with Crippen LogP contribution in [0.25, 0.3) is 0 Å². The Morgan fingerprint density at radius 1 is 1.43 bits per heavy atom. The van der Waals surface area contributed by atoms with Crippen LogP contribution in [0.15, 0.2) is 23.1 Å². The van der Waals surface area contributed by atoms with Crippen molar-refractivity contribution >= 4 is 5.91 Å². The minimum Gasteiger partial charge on any atom is -0.375 e. The minimum atomic E-state index is -4.55. The number of halogens is 3. The third-order valence-corrected chi connectivity index (χ3v) is 3.21. The molecule has 1 fully saturated rings. The number of carbonyl (C=O) groups excluding carboxylic acids is 1. The number of ether oxygens (including phenoxy) is 1. The molecule has 0 aromatic carbocycles. The Bertz CT molecular complexity index is 583. The van der Waals surface area contributed by atoms with Crippen molar-refractivity contribution in [1.82, 2.24) is 9.47 Å². The molecule has 0 saturated carbocycles. The number of hydrogen-bond donors (Lipinski definition) is 0. The molecule has 1 amide bonds. The number of carbonyl (C=O) groups is 1. The van der Waals surface area contributed by atoms with Crippen LogP contribution in [0.3, 0.4) is 0 Å². The largest absolute Gasteiger partial charge is 0.417 e. The number of hydrogen-bond acceptors (Lipinski definition) is 3. The summed E-state index contributed by atoms with van der Waals surface area (Å²) in [5, 5.41) is 0. The van der Waals surface area contributed by atoms with E-state index in [2.05, 4.69) is 0 Å². The fourth-order valence-corrected chi connectivity index (χ4v) is 2.11. The molecule has 0 spiro atoms. The Hall–Kier alpha value is -1.83. The lowest BCUT2D eigenvalue weighted by Gasteiger charge is -2.31. The third kappa shape index (κ3) is 3.84. The molecule has 2 heterocycles. The van der Waals surface area contributed by atoms with Crippen molar-refractivity contribution in [2.75, 3.05) is 19.7 Å². The van der Waals surface area contributed by atoms with Crippen LogP contribution in [-0.2, 0) is 22.3 Å². The van der Waals surface area contributed by atoms with Gasteiger partial charge in [0.05, 0.1) is 18.3 Å². The molecule has 8 heteroatoms. The van der Waals surface area contributed by atoms with Crippen LogP contribution in [0, 0.1) is 0 Å². The van der Waals surface area contributed by atoms with Gasteiger partial charge in [-0.25, -0.2) is 0 Å². The molecule has 1 atom stereocenters. The second-order valence-electron chi connectivity index (χ2n) is 4.90. The van der Waals surface area contributed by atoms with Gasteiger partial charge in [0.2, 0.25) is 5.91 Å². The Labute approximate surface area is 118 Å². The quantitative estimate of drug-likeness (QED) is 0.822. The maximum Gasteiger partial charge on any atom is 0.417 e. The summed E-state index contributed by atoms with van der Waals surface area (Å²) in [6.07, 6.45) is -4.00. The Morgan fingerprint density at radius 2 is 2.14 bits per heavy atom. The van der Waals surface area contributed by atoms with Crippen LogP contribution in [0.1, 0.15) is 12.5 Å². The molecule has 1 aromatic heterocycles. The van der Waals surface area contributed by atoms with E-state index in [1.54, 1.807) is 6.92 Å². The highest BCUT2D eigenvalue weighted by Gasteiger charge is 2.31. The number of nitrogens with zero attached hydrogens (tertiary/aromatic N) is 2. The van der Waals surface area contributed by atoms with Gasteiger partial charge in [0.1, 0.15) is 6.54 Å². The third-order valence-electron chi connectivity index (χ3n) is 3.21. The van der Waals surface area contributed by atoms with Gasteiger partial charge in [0.15, 0.2) is 0 Å².